The van der Waals surface area contributed by atoms with Crippen LogP contribution >= 0.6 is 12.4 Å². The smallest absolute Gasteiger partial charge is 0.278 e. The summed E-state index contributed by atoms with van der Waals surface area (Å²) in [5.41, 5.74) is 7.03. The molecule has 0 spiro atoms. The summed E-state index contributed by atoms with van der Waals surface area (Å²) in [7, 11) is 0. The van der Waals surface area contributed by atoms with Crippen LogP contribution in [-0.2, 0) is 0 Å². The molecule has 1 aromatic carbocycles. The Hall–Kier alpha value is -2.05. The highest BCUT2D eigenvalue weighted by atomic mass is 35.5. The Balaban J connectivity index is 0.00000225. The first-order valence-electron chi connectivity index (χ1n) is 8.43. The molecule has 1 saturated heterocycles. The molecule has 0 radical (unpaired) electrons. The number of ether oxygens (including phenoxy) is 1. The number of para-hydroxylation sites is 1. The lowest BCUT2D eigenvalue weighted by Gasteiger charge is -2.20. The fourth-order valence-corrected chi connectivity index (χ4v) is 3.21. The van der Waals surface area contributed by atoms with Gasteiger partial charge in [0.15, 0.2) is 11.4 Å². The predicted octanol–water partition coefficient (Wildman–Crippen LogP) is 2.50. The maximum atomic E-state index is 13.0. The zero-order valence-corrected chi connectivity index (χ0v) is 15.4. The van der Waals surface area contributed by atoms with Crippen LogP contribution < -0.4 is 10.5 Å². The van der Waals surface area contributed by atoms with E-state index in [1.165, 1.54) is 0 Å². The van der Waals surface area contributed by atoms with E-state index in [1.807, 2.05) is 42.2 Å². The molecule has 1 aliphatic rings. The van der Waals surface area contributed by atoms with Crippen LogP contribution in [-0.4, -0.2) is 46.3 Å². The highest BCUT2D eigenvalue weighted by Crippen LogP contribution is 2.27. The number of hydrogen-bond donors (Lipinski definition) is 1. The third-order valence-corrected chi connectivity index (χ3v) is 4.46. The molecule has 0 saturated carbocycles. The van der Waals surface area contributed by atoms with Crippen molar-refractivity contribution in [3.05, 3.63) is 42.2 Å². The fourth-order valence-electron chi connectivity index (χ4n) is 3.21. The van der Waals surface area contributed by atoms with E-state index in [4.69, 9.17) is 10.5 Å². The van der Waals surface area contributed by atoms with Crippen LogP contribution in [0, 0.1) is 5.92 Å². The van der Waals surface area contributed by atoms with E-state index < -0.39 is 0 Å². The molecule has 1 amide bonds. The Morgan fingerprint density at radius 2 is 2.08 bits per heavy atom. The molecule has 25 heavy (non-hydrogen) atoms. The van der Waals surface area contributed by atoms with Gasteiger partial charge in [0.1, 0.15) is 0 Å². The first-order valence-corrected chi connectivity index (χ1v) is 8.43. The van der Waals surface area contributed by atoms with E-state index in [9.17, 15) is 4.79 Å². The monoisotopic (exact) mass is 364 g/mol. The number of likely N-dealkylation sites (tertiary alicyclic amines) is 1. The molecular formula is C18H25ClN4O2. The molecule has 1 aromatic heterocycles. The standard InChI is InChI=1S/C18H24N4O2.ClH/c1-3-24-16-12-22(15-7-5-4-6-8-15)20-17(16)18(23)21-11-14(10-19)9-13(21)2;/h4-8,12-14H,3,9-11,19H2,1-2H3;1H. The van der Waals surface area contributed by atoms with Gasteiger partial charge in [-0.05, 0) is 44.9 Å². The number of aromatic nitrogens is 2. The summed E-state index contributed by atoms with van der Waals surface area (Å²) in [4.78, 5) is 14.8. The van der Waals surface area contributed by atoms with Crippen LogP contribution in [0.1, 0.15) is 30.8 Å². The van der Waals surface area contributed by atoms with Crippen molar-refractivity contribution in [3.8, 4) is 11.4 Å². The van der Waals surface area contributed by atoms with Gasteiger partial charge in [0, 0.05) is 12.6 Å². The normalized spacial score (nSPS) is 19.6. The van der Waals surface area contributed by atoms with E-state index in [2.05, 4.69) is 12.0 Å². The number of carbonyl (C=O) groups excluding carboxylic acids is 1. The van der Waals surface area contributed by atoms with Gasteiger partial charge in [0.2, 0.25) is 0 Å². The van der Waals surface area contributed by atoms with Gasteiger partial charge in [0.05, 0.1) is 18.5 Å². The number of benzene rings is 1. The van der Waals surface area contributed by atoms with Crippen molar-refractivity contribution in [1.29, 1.82) is 0 Å². The van der Waals surface area contributed by atoms with Crippen molar-refractivity contribution in [2.75, 3.05) is 19.7 Å². The molecule has 2 N–H and O–H groups in total. The Labute approximate surface area is 154 Å². The average Bonchev–Trinajstić information content (AvgIpc) is 3.19. The van der Waals surface area contributed by atoms with Gasteiger partial charge in [-0.15, -0.1) is 12.4 Å². The first-order chi connectivity index (χ1) is 11.6. The second-order valence-electron chi connectivity index (χ2n) is 6.20. The highest BCUT2D eigenvalue weighted by molar-refractivity contribution is 5.95. The van der Waals surface area contributed by atoms with Crippen molar-refractivity contribution in [1.82, 2.24) is 14.7 Å². The van der Waals surface area contributed by atoms with Crippen molar-refractivity contribution >= 4 is 18.3 Å². The summed E-state index contributed by atoms with van der Waals surface area (Å²) in [5, 5.41) is 4.50. The summed E-state index contributed by atoms with van der Waals surface area (Å²) < 4.78 is 7.35. The quantitative estimate of drug-likeness (QED) is 0.884. The Morgan fingerprint density at radius 3 is 2.68 bits per heavy atom. The zero-order valence-electron chi connectivity index (χ0n) is 14.6. The zero-order chi connectivity index (χ0) is 17.1. The Kier molecular flexibility index (Phi) is 6.45. The molecule has 2 aromatic rings. The molecule has 3 rings (SSSR count). The van der Waals surface area contributed by atoms with E-state index >= 15 is 0 Å². The van der Waals surface area contributed by atoms with E-state index in [0.717, 1.165) is 12.1 Å². The lowest BCUT2D eigenvalue weighted by atomic mass is 10.1. The van der Waals surface area contributed by atoms with Gasteiger partial charge >= 0.3 is 0 Å². The highest BCUT2D eigenvalue weighted by Gasteiger charge is 2.34. The van der Waals surface area contributed by atoms with Crippen molar-refractivity contribution in [2.45, 2.75) is 26.3 Å². The van der Waals surface area contributed by atoms with Crippen molar-refractivity contribution in [3.63, 3.8) is 0 Å². The number of nitrogens with zero attached hydrogens (tertiary/aromatic N) is 3. The number of nitrogens with two attached hydrogens (primary N) is 1. The average molecular weight is 365 g/mol. The summed E-state index contributed by atoms with van der Waals surface area (Å²) in [6.45, 7) is 5.73. The van der Waals surface area contributed by atoms with Gasteiger partial charge in [-0.1, -0.05) is 18.2 Å². The molecule has 136 valence electrons. The van der Waals surface area contributed by atoms with Crippen molar-refractivity contribution in [2.24, 2.45) is 11.7 Å². The number of rotatable bonds is 5. The molecule has 2 unspecified atom stereocenters. The molecule has 1 fully saturated rings. The number of amides is 1. The fraction of sp³-hybridized carbons (Fsp3) is 0.444. The molecule has 6 nitrogen and oxygen atoms in total. The second-order valence-corrected chi connectivity index (χ2v) is 6.20. The summed E-state index contributed by atoms with van der Waals surface area (Å²) in [6.07, 6.45) is 2.71. The van der Waals surface area contributed by atoms with E-state index in [1.54, 1.807) is 10.9 Å². The number of carbonyl (C=O) groups is 1. The lowest BCUT2D eigenvalue weighted by Crippen LogP contribution is -2.35. The van der Waals surface area contributed by atoms with Crippen LogP contribution in [0.2, 0.25) is 0 Å². The number of hydrogen-bond acceptors (Lipinski definition) is 4. The van der Waals surface area contributed by atoms with E-state index in [-0.39, 0.29) is 24.4 Å². The minimum atomic E-state index is -0.0865. The maximum Gasteiger partial charge on any atom is 0.278 e. The maximum absolute atomic E-state index is 13.0. The molecule has 0 aliphatic carbocycles. The van der Waals surface area contributed by atoms with E-state index in [0.29, 0.717) is 37.1 Å². The third kappa shape index (κ3) is 3.96. The van der Waals surface area contributed by atoms with Crippen LogP contribution in [0.4, 0.5) is 0 Å². The third-order valence-electron chi connectivity index (χ3n) is 4.46. The largest absolute Gasteiger partial charge is 0.490 e. The predicted molar refractivity (Wildman–Crippen MR) is 99.6 cm³/mol. The molecule has 1 aliphatic heterocycles. The SMILES string of the molecule is CCOc1cn(-c2ccccc2)nc1C(=O)N1CC(CN)CC1C.Cl. The van der Waals surface area contributed by atoms with Crippen LogP contribution in [0.3, 0.4) is 0 Å². The summed E-state index contributed by atoms with van der Waals surface area (Å²) >= 11 is 0. The van der Waals surface area contributed by atoms with Gasteiger partial charge in [-0.25, -0.2) is 4.68 Å². The summed E-state index contributed by atoms with van der Waals surface area (Å²) in [5.74, 6) is 0.794. The van der Waals surface area contributed by atoms with Gasteiger partial charge < -0.3 is 15.4 Å². The van der Waals surface area contributed by atoms with Crippen LogP contribution in [0.15, 0.2) is 36.5 Å². The molecular weight excluding hydrogens is 340 g/mol. The molecule has 2 atom stereocenters. The first kappa shape index (κ1) is 19.3. The minimum absolute atomic E-state index is 0. The Morgan fingerprint density at radius 1 is 1.36 bits per heavy atom. The summed E-state index contributed by atoms with van der Waals surface area (Å²) in [6, 6.07) is 9.88. The lowest BCUT2D eigenvalue weighted by molar-refractivity contribution is 0.0733. The van der Waals surface area contributed by atoms with Crippen LogP contribution in [0.25, 0.3) is 5.69 Å². The molecule has 7 heteroatoms. The molecule has 0 bridgehead atoms. The topological polar surface area (TPSA) is 73.4 Å². The van der Waals surface area contributed by atoms with Crippen LogP contribution in [0.5, 0.6) is 5.75 Å². The molecule has 2 heterocycles. The second kappa shape index (κ2) is 8.36. The Bertz CT molecular complexity index is 704. The van der Waals surface area contributed by atoms with Gasteiger partial charge in [-0.3, -0.25) is 4.79 Å². The number of halogens is 1. The van der Waals surface area contributed by atoms with Gasteiger partial charge in [-0.2, -0.15) is 5.10 Å². The van der Waals surface area contributed by atoms with Crippen molar-refractivity contribution < 1.29 is 9.53 Å². The minimum Gasteiger partial charge on any atom is -0.490 e. The van der Waals surface area contributed by atoms with Gasteiger partial charge in [0.25, 0.3) is 5.91 Å².